The van der Waals surface area contributed by atoms with Gasteiger partial charge in [-0.05, 0) is 42.0 Å². The summed E-state index contributed by atoms with van der Waals surface area (Å²) >= 11 is 0. The van der Waals surface area contributed by atoms with Gasteiger partial charge in [0.15, 0.2) is 0 Å². The van der Waals surface area contributed by atoms with Crippen molar-refractivity contribution in [2.24, 2.45) is 0 Å². The smallest absolute Gasteiger partial charge is 0.243 e. The van der Waals surface area contributed by atoms with Crippen LogP contribution in [0.4, 0.5) is 4.39 Å². The highest BCUT2D eigenvalue weighted by molar-refractivity contribution is 7.89. The molecule has 1 atom stereocenters. The fraction of sp³-hybridized carbons (Fsp3) is 0.316. The Hall–Kier alpha value is -2.47. The molecule has 2 aromatic rings. The third kappa shape index (κ3) is 4.11. The van der Waals surface area contributed by atoms with Crippen LogP contribution in [0.2, 0.25) is 0 Å². The number of nitriles is 1. The molecule has 2 aromatic carbocycles. The molecule has 6 nitrogen and oxygen atoms in total. The molecule has 1 aliphatic rings. The van der Waals surface area contributed by atoms with E-state index in [2.05, 4.69) is 6.07 Å². The van der Waals surface area contributed by atoms with Gasteiger partial charge in [0.2, 0.25) is 10.0 Å². The van der Waals surface area contributed by atoms with E-state index < -0.39 is 21.9 Å². The minimum Gasteiger partial charge on any atom is -0.497 e. The van der Waals surface area contributed by atoms with Gasteiger partial charge in [-0.2, -0.15) is 9.57 Å². The van der Waals surface area contributed by atoms with Crippen LogP contribution in [0, 0.1) is 17.1 Å². The third-order valence-electron chi connectivity index (χ3n) is 4.62. The van der Waals surface area contributed by atoms with Gasteiger partial charge in [0.1, 0.15) is 17.6 Å². The summed E-state index contributed by atoms with van der Waals surface area (Å²) in [5.41, 5.74) is 0.812. The molecule has 3 rings (SSSR count). The number of rotatable bonds is 5. The summed E-state index contributed by atoms with van der Waals surface area (Å²) in [6, 6.07) is 13.9. The Balaban J connectivity index is 1.72. The van der Waals surface area contributed by atoms with Gasteiger partial charge < -0.3 is 4.74 Å². The lowest BCUT2D eigenvalue weighted by Gasteiger charge is -2.36. The van der Waals surface area contributed by atoms with Crippen LogP contribution in [-0.4, -0.2) is 50.9 Å². The average Bonchev–Trinajstić information content (AvgIpc) is 2.69. The van der Waals surface area contributed by atoms with Crippen LogP contribution in [0.5, 0.6) is 5.75 Å². The van der Waals surface area contributed by atoms with E-state index in [-0.39, 0.29) is 18.0 Å². The second kappa shape index (κ2) is 8.05. The van der Waals surface area contributed by atoms with Gasteiger partial charge in [0.05, 0.1) is 18.1 Å². The Kier molecular flexibility index (Phi) is 5.75. The molecule has 0 N–H and O–H groups in total. The number of halogens is 1. The molecule has 1 fully saturated rings. The predicted molar refractivity (Wildman–Crippen MR) is 98.1 cm³/mol. The average molecular weight is 389 g/mol. The van der Waals surface area contributed by atoms with Crippen molar-refractivity contribution in [2.45, 2.75) is 10.9 Å². The first-order valence-electron chi connectivity index (χ1n) is 8.49. The van der Waals surface area contributed by atoms with E-state index in [1.807, 2.05) is 29.2 Å². The van der Waals surface area contributed by atoms with Gasteiger partial charge >= 0.3 is 0 Å². The Morgan fingerprint density at radius 3 is 2.37 bits per heavy atom. The molecular weight excluding hydrogens is 369 g/mol. The SMILES string of the molecule is COc1cccc(C(C#N)N2CCN(S(=O)(=O)c3ccc(F)cc3)CC2)c1. The molecule has 0 aromatic heterocycles. The molecule has 27 heavy (non-hydrogen) atoms. The summed E-state index contributed by atoms with van der Waals surface area (Å²) in [4.78, 5) is 2.02. The maximum atomic E-state index is 13.1. The van der Waals surface area contributed by atoms with Crippen LogP contribution < -0.4 is 4.74 Å². The number of benzene rings is 2. The Labute approximate surface area is 158 Å². The van der Waals surface area contributed by atoms with Crippen LogP contribution in [0.15, 0.2) is 53.4 Å². The van der Waals surface area contributed by atoms with E-state index in [0.717, 1.165) is 17.7 Å². The second-order valence-electron chi connectivity index (χ2n) is 6.20. The lowest BCUT2D eigenvalue weighted by atomic mass is 10.1. The monoisotopic (exact) mass is 389 g/mol. The van der Waals surface area contributed by atoms with Crippen LogP contribution in [0.25, 0.3) is 0 Å². The zero-order chi connectivity index (χ0) is 19.4. The Morgan fingerprint density at radius 1 is 1.11 bits per heavy atom. The van der Waals surface area contributed by atoms with Crippen LogP contribution in [0.1, 0.15) is 11.6 Å². The maximum absolute atomic E-state index is 13.1. The molecule has 1 unspecified atom stereocenters. The summed E-state index contributed by atoms with van der Waals surface area (Å²) in [5, 5.41) is 9.63. The molecule has 0 bridgehead atoms. The highest BCUT2D eigenvalue weighted by atomic mass is 32.2. The molecule has 1 saturated heterocycles. The number of hydrogen-bond donors (Lipinski definition) is 0. The normalized spacial score (nSPS) is 17.2. The van der Waals surface area contributed by atoms with Crippen LogP contribution in [-0.2, 0) is 10.0 Å². The van der Waals surface area contributed by atoms with Crippen molar-refractivity contribution >= 4 is 10.0 Å². The standard InChI is InChI=1S/C19H20FN3O3S/c1-26-17-4-2-3-15(13-17)19(14-21)22-9-11-23(12-10-22)27(24,25)18-7-5-16(20)6-8-18/h2-8,13,19H,9-12H2,1H3. The summed E-state index contributed by atoms with van der Waals surface area (Å²) in [6.07, 6.45) is 0. The summed E-state index contributed by atoms with van der Waals surface area (Å²) in [5.74, 6) is 0.194. The highest BCUT2D eigenvalue weighted by Crippen LogP contribution is 2.26. The van der Waals surface area contributed by atoms with Gasteiger partial charge in [-0.3, -0.25) is 4.90 Å². The first-order chi connectivity index (χ1) is 13.0. The zero-order valence-corrected chi connectivity index (χ0v) is 15.7. The quantitative estimate of drug-likeness (QED) is 0.785. The predicted octanol–water partition coefficient (Wildman–Crippen LogP) is 2.41. The third-order valence-corrected chi connectivity index (χ3v) is 6.53. The maximum Gasteiger partial charge on any atom is 0.243 e. The topological polar surface area (TPSA) is 73.6 Å². The minimum atomic E-state index is -3.67. The molecule has 0 radical (unpaired) electrons. The van der Waals surface area contributed by atoms with Crippen molar-refractivity contribution in [2.75, 3.05) is 33.3 Å². The summed E-state index contributed by atoms with van der Waals surface area (Å²) < 4.78 is 45.0. The van der Waals surface area contributed by atoms with E-state index >= 15 is 0 Å². The lowest BCUT2D eigenvalue weighted by Crippen LogP contribution is -2.49. The fourth-order valence-corrected chi connectivity index (χ4v) is 4.56. The van der Waals surface area contributed by atoms with Crippen LogP contribution >= 0.6 is 0 Å². The molecule has 8 heteroatoms. The largest absolute Gasteiger partial charge is 0.497 e. The first kappa shape index (κ1) is 19.3. The van der Waals surface area contributed by atoms with Gasteiger partial charge in [-0.15, -0.1) is 0 Å². The molecule has 1 heterocycles. The number of hydrogen-bond acceptors (Lipinski definition) is 5. The van der Waals surface area contributed by atoms with Gasteiger partial charge in [-0.25, -0.2) is 12.8 Å². The van der Waals surface area contributed by atoms with Gasteiger partial charge in [0, 0.05) is 26.2 Å². The van der Waals surface area contributed by atoms with E-state index in [1.54, 1.807) is 7.11 Å². The van der Waals surface area contributed by atoms with Gasteiger partial charge in [0.25, 0.3) is 0 Å². The molecule has 1 aliphatic heterocycles. The number of sulfonamides is 1. The zero-order valence-electron chi connectivity index (χ0n) is 14.9. The number of ether oxygens (including phenoxy) is 1. The van der Waals surface area contributed by atoms with E-state index in [9.17, 15) is 18.1 Å². The fourth-order valence-electron chi connectivity index (χ4n) is 3.14. The van der Waals surface area contributed by atoms with Gasteiger partial charge in [-0.1, -0.05) is 12.1 Å². The lowest BCUT2D eigenvalue weighted by molar-refractivity contribution is 0.162. The number of nitrogens with zero attached hydrogens (tertiary/aromatic N) is 3. The number of piperazine rings is 1. The van der Waals surface area contributed by atoms with Crippen molar-refractivity contribution < 1.29 is 17.5 Å². The molecule has 142 valence electrons. The van der Waals surface area contributed by atoms with Crippen molar-refractivity contribution in [3.63, 3.8) is 0 Å². The van der Waals surface area contributed by atoms with E-state index in [4.69, 9.17) is 4.74 Å². The minimum absolute atomic E-state index is 0.0713. The van der Waals surface area contributed by atoms with E-state index in [0.29, 0.717) is 18.8 Å². The second-order valence-corrected chi connectivity index (χ2v) is 8.14. The van der Waals surface area contributed by atoms with E-state index in [1.165, 1.54) is 16.4 Å². The molecule has 0 aliphatic carbocycles. The molecular formula is C19H20FN3O3S. The number of methoxy groups -OCH3 is 1. The summed E-state index contributed by atoms with van der Waals surface area (Å²) in [6.45, 7) is 1.38. The Bertz CT molecular complexity index is 933. The highest BCUT2D eigenvalue weighted by Gasteiger charge is 2.31. The summed E-state index contributed by atoms with van der Waals surface area (Å²) in [7, 11) is -2.10. The molecule has 0 amide bonds. The molecule has 0 spiro atoms. The van der Waals surface area contributed by atoms with Crippen molar-refractivity contribution in [1.29, 1.82) is 5.26 Å². The Morgan fingerprint density at radius 2 is 1.78 bits per heavy atom. The van der Waals surface area contributed by atoms with Crippen molar-refractivity contribution in [3.8, 4) is 11.8 Å². The van der Waals surface area contributed by atoms with Crippen molar-refractivity contribution in [1.82, 2.24) is 9.21 Å². The van der Waals surface area contributed by atoms with Crippen LogP contribution in [0.3, 0.4) is 0 Å². The first-order valence-corrected chi connectivity index (χ1v) is 9.93. The molecule has 0 saturated carbocycles. The van der Waals surface area contributed by atoms with Crippen molar-refractivity contribution in [3.05, 3.63) is 59.9 Å².